The molecule has 122 valence electrons. The molecule has 1 aliphatic rings. The first-order chi connectivity index (χ1) is 10.4. The minimum atomic E-state index is -0.873. The summed E-state index contributed by atoms with van der Waals surface area (Å²) in [6.45, 7) is 4.11. The number of carbonyl (C=O) groups is 1. The molecule has 1 aromatic carbocycles. The SMILES string of the molecule is CC1CCCC(CNCc2ccc(C(=O)O)cc2)(N(C)C)C1. The summed E-state index contributed by atoms with van der Waals surface area (Å²) in [5.41, 5.74) is 1.72. The molecule has 22 heavy (non-hydrogen) atoms. The minimum Gasteiger partial charge on any atom is -0.478 e. The van der Waals surface area contributed by atoms with Crippen molar-refractivity contribution in [1.29, 1.82) is 0 Å². The Balaban J connectivity index is 1.91. The van der Waals surface area contributed by atoms with Gasteiger partial charge in [0, 0.05) is 18.6 Å². The van der Waals surface area contributed by atoms with E-state index in [9.17, 15) is 4.79 Å². The number of aromatic carboxylic acids is 1. The van der Waals surface area contributed by atoms with E-state index in [0.29, 0.717) is 5.56 Å². The van der Waals surface area contributed by atoms with Crippen LogP contribution in [-0.4, -0.2) is 42.2 Å². The molecule has 2 unspecified atom stereocenters. The summed E-state index contributed by atoms with van der Waals surface area (Å²) in [6.07, 6.45) is 5.13. The second-order valence-electron chi connectivity index (χ2n) is 6.93. The molecule has 0 radical (unpaired) electrons. The molecule has 4 nitrogen and oxygen atoms in total. The standard InChI is InChI=1S/C18H28N2O2/c1-14-5-4-10-18(11-14,20(2)3)13-19-12-15-6-8-16(9-7-15)17(21)22/h6-9,14,19H,4-5,10-13H2,1-3H3,(H,21,22). The predicted octanol–water partition coefficient (Wildman–Crippen LogP) is 2.98. The molecular weight excluding hydrogens is 276 g/mol. The van der Waals surface area contributed by atoms with Crippen LogP contribution >= 0.6 is 0 Å². The molecule has 0 aromatic heterocycles. The van der Waals surface area contributed by atoms with Gasteiger partial charge in [0.1, 0.15) is 0 Å². The van der Waals surface area contributed by atoms with E-state index in [1.54, 1.807) is 12.1 Å². The molecule has 0 spiro atoms. The zero-order valence-corrected chi connectivity index (χ0v) is 13.9. The molecule has 1 saturated carbocycles. The van der Waals surface area contributed by atoms with Gasteiger partial charge in [-0.3, -0.25) is 0 Å². The topological polar surface area (TPSA) is 52.6 Å². The van der Waals surface area contributed by atoms with Gasteiger partial charge in [-0.05, 0) is 50.6 Å². The van der Waals surface area contributed by atoms with E-state index in [2.05, 4.69) is 31.2 Å². The highest BCUT2D eigenvalue weighted by Gasteiger charge is 2.36. The Hall–Kier alpha value is -1.39. The smallest absolute Gasteiger partial charge is 0.335 e. The molecule has 0 heterocycles. The lowest BCUT2D eigenvalue weighted by Crippen LogP contribution is -2.54. The molecule has 0 bridgehead atoms. The van der Waals surface area contributed by atoms with Crippen molar-refractivity contribution in [2.24, 2.45) is 5.92 Å². The quantitative estimate of drug-likeness (QED) is 0.848. The van der Waals surface area contributed by atoms with E-state index < -0.39 is 5.97 Å². The van der Waals surface area contributed by atoms with Gasteiger partial charge < -0.3 is 15.3 Å². The van der Waals surface area contributed by atoms with E-state index in [1.807, 2.05) is 12.1 Å². The fourth-order valence-electron chi connectivity index (χ4n) is 3.56. The first-order valence-electron chi connectivity index (χ1n) is 8.13. The predicted molar refractivity (Wildman–Crippen MR) is 89.2 cm³/mol. The normalized spacial score (nSPS) is 25.4. The maximum absolute atomic E-state index is 10.9. The molecule has 0 saturated heterocycles. The van der Waals surface area contributed by atoms with Gasteiger partial charge in [-0.15, -0.1) is 0 Å². The number of nitrogens with one attached hydrogen (secondary N) is 1. The second kappa shape index (κ2) is 7.25. The number of carboxylic acids is 1. The lowest BCUT2D eigenvalue weighted by Gasteiger charge is -2.45. The lowest BCUT2D eigenvalue weighted by atomic mass is 9.75. The second-order valence-corrected chi connectivity index (χ2v) is 6.93. The molecule has 2 rings (SSSR count). The van der Waals surface area contributed by atoms with E-state index in [-0.39, 0.29) is 5.54 Å². The Morgan fingerprint density at radius 3 is 2.59 bits per heavy atom. The first-order valence-corrected chi connectivity index (χ1v) is 8.13. The van der Waals surface area contributed by atoms with Gasteiger partial charge in [0.05, 0.1) is 5.56 Å². The van der Waals surface area contributed by atoms with Crippen LogP contribution in [0.25, 0.3) is 0 Å². The van der Waals surface area contributed by atoms with Crippen molar-refractivity contribution in [3.05, 3.63) is 35.4 Å². The molecule has 4 heteroatoms. The van der Waals surface area contributed by atoms with E-state index in [4.69, 9.17) is 5.11 Å². The summed E-state index contributed by atoms with van der Waals surface area (Å²) >= 11 is 0. The van der Waals surface area contributed by atoms with Crippen molar-refractivity contribution in [3.63, 3.8) is 0 Å². The average Bonchev–Trinajstić information content (AvgIpc) is 2.47. The van der Waals surface area contributed by atoms with E-state index >= 15 is 0 Å². The summed E-state index contributed by atoms with van der Waals surface area (Å²) in [7, 11) is 4.36. The summed E-state index contributed by atoms with van der Waals surface area (Å²) in [5.74, 6) is -0.0879. The van der Waals surface area contributed by atoms with Gasteiger partial charge in [-0.1, -0.05) is 31.9 Å². The van der Waals surface area contributed by atoms with E-state index in [0.717, 1.165) is 24.6 Å². The molecule has 1 aromatic rings. The van der Waals surface area contributed by atoms with Crippen molar-refractivity contribution in [2.75, 3.05) is 20.6 Å². The van der Waals surface area contributed by atoms with Crippen LogP contribution in [0.5, 0.6) is 0 Å². The minimum absolute atomic E-state index is 0.249. The van der Waals surface area contributed by atoms with Gasteiger partial charge >= 0.3 is 5.97 Å². The highest BCUT2D eigenvalue weighted by atomic mass is 16.4. The lowest BCUT2D eigenvalue weighted by molar-refractivity contribution is 0.0697. The Morgan fingerprint density at radius 2 is 2.05 bits per heavy atom. The van der Waals surface area contributed by atoms with Crippen LogP contribution in [0.2, 0.25) is 0 Å². The Morgan fingerprint density at radius 1 is 1.36 bits per heavy atom. The number of benzene rings is 1. The summed E-state index contributed by atoms with van der Waals surface area (Å²) in [6, 6.07) is 7.12. The van der Waals surface area contributed by atoms with Crippen LogP contribution in [0, 0.1) is 5.92 Å². The van der Waals surface area contributed by atoms with Crippen molar-refractivity contribution >= 4 is 5.97 Å². The number of rotatable bonds is 6. The number of nitrogens with zero attached hydrogens (tertiary/aromatic N) is 1. The Bertz CT molecular complexity index is 498. The molecule has 1 fully saturated rings. The first kappa shape index (κ1) is 17.0. The van der Waals surface area contributed by atoms with Gasteiger partial charge in [0.2, 0.25) is 0 Å². The molecule has 0 amide bonds. The molecule has 1 aliphatic carbocycles. The third-order valence-electron chi connectivity index (χ3n) is 5.00. The average molecular weight is 304 g/mol. The zero-order valence-electron chi connectivity index (χ0n) is 13.9. The highest BCUT2D eigenvalue weighted by Crippen LogP contribution is 2.35. The van der Waals surface area contributed by atoms with Crippen LogP contribution in [0.3, 0.4) is 0 Å². The van der Waals surface area contributed by atoms with Gasteiger partial charge in [-0.2, -0.15) is 0 Å². The van der Waals surface area contributed by atoms with Crippen LogP contribution < -0.4 is 5.32 Å². The van der Waals surface area contributed by atoms with Crippen molar-refractivity contribution < 1.29 is 9.90 Å². The number of hydrogen-bond acceptors (Lipinski definition) is 3. The number of likely N-dealkylation sites (N-methyl/N-ethyl adjacent to an activating group) is 1. The number of hydrogen-bond donors (Lipinski definition) is 2. The summed E-state index contributed by atoms with van der Waals surface area (Å²) in [4.78, 5) is 13.2. The van der Waals surface area contributed by atoms with Gasteiger partial charge in [0.25, 0.3) is 0 Å². The van der Waals surface area contributed by atoms with Crippen molar-refractivity contribution in [1.82, 2.24) is 10.2 Å². The van der Waals surface area contributed by atoms with Crippen LogP contribution in [0.1, 0.15) is 48.5 Å². The Labute approximate surface area is 133 Å². The monoisotopic (exact) mass is 304 g/mol. The van der Waals surface area contributed by atoms with Gasteiger partial charge in [0.15, 0.2) is 0 Å². The molecular formula is C18H28N2O2. The Kier molecular flexibility index (Phi) is 5.59. The molecule has 2 atom stereocenters. The highest BCUT2D eigenvalue weighted by molar-refractivity contribution is 5.87. The largest absolute Gasteiger partial charge is 0.478 e. The van der Waals surface area contributed by atoms with Crippen LogP contribution in [0.15, 0.2) is 24.3 Å². The fourth-order valence-corrected chi connectivity index (χ4v) is 3.56. The maximum atomic E-state index is 10.9. The van der Waals surface area contributed by atoms with Crippen LogP contribution in [-0.2, 0) is 6.54 Å². The van der Waals surface area contributed by atoms with E-state index in [1.165, 1.54) is 25.7 Å². The zero-order chi connectivity index (χ0) is 16.2. The molecule has 2 N–H and O–H groups in total. The molecule has 0 aliphatic heterocycles. The van der Waals surface area contributed by atoms with Crippen LogP contribution in [0.4, 0.5) is 0 Å². The summed E-state index contributed by atoms with van der Waals surface area (Å²) in [5, 5.41) is 12.5. The van der Waals surface area contributed by atoms with Crippen molar-refractivity contribution in [2.45, 2.75) is 44.7 Å². The maximum Gasteiger partial charge on any atom is 0.335 e. The summed E-state index contributed by atoms with van der Waals surface area (Å²) < 4.78 is 0. The van der Waals surface area contributed by atoms with Crippen molar-refractivity contribution in [3.8, 4) is 0 Å². The fraction of sp³-hybridized carbons (Fsp3) is 0.611. The third-order valence-corrected chi connectivity index (χ3v) is 5.00. The van der Waals surface area contributed by atoms with Gasteiger partial charge in [-0.25, -0.2) is 4.79 Å². The number of carboxylic acid groups (broad SMARTS) is 1. The third kappa shape index (κ3) is 4.08.